The Labute approximate surface area is 109 Å². The highest BCUT2D eigenvalue weighted by Crippen LogP contribution is 2.23. The molecule has 1 aromatic carbocycles. The largest absolute Gasteiger partial charge is 0.312 e. The third-order valence-electron chi connectivity index (χ3n) is 2.59. The van der Waals surface area contributed by atoms with Crippen LogP contribution in [0, 0.1) is 0 Å². The second-order valence-corrected chi connectivity index (χ2v) is 5.58. The first kappa shape index (κ1) is 11.8. The fourth-order valence-corrected chi connectivity index (χ4v) is 2.79. The predicted molar refractivity (Wildman–Crippen MR) is 74.0 cm³/mol. The van der Waals surface area contributed by atoms with Gasteiger partial charge in [0.15, 0.2) is 0 Å². The predicted octanol–water partition coefficient (Wildman–Crippen LogP) is 4.01. The minimum Gasteiger partial charge on any atom is -0.312 e. The number of hydrogen-bond acceptors (Lipinski definition) is 2. The van der Waals surface area contributed by atoms with Crippen molar-refractivity contribution in [1.29, 1.82) is 0 Å². The van der Waals surface area contributed by atoms with Gasteiger partial charge in [-0.2, -0.15) is 0 Å². The summed E-state index contributed by atoms with van der Waals surface area (Å²) in [4.78, 5) is 1.39. The summed E-state index contributed by atoms with van der Waals surface area (Å²) in [5.74, 6) is 0. The van der Waals surface area contributed by atoms with Gasteiger partial charge in [-0.05, 0) is 42.6 Å². The van der Waals surface area contributed by atoms with Crippen molar-refractivity contribution in [2.24, 2.45) is 0 Å². The molecule has 0 radical (unpaired) electrons. The topological polar surface area (TPSA) is 12.0 Å². The van der Waals surface area contributed by atoms with Crippen LogP contribution in [-0.2, 0) is 6.42 Å². The number of likely N-dealkylation sites (N-methyl/N-ethyl adjacent to an activating group) is 1. The molecule has 1 N–H and O–H groups in total. The average Bonchev–Trinajstić information content (AvgIpc) is 2.82. The van der Waals surface area contributed by atoms with Crippen molar-refractivity contribution in [3.63, 3.8) is 0 Å². The van der Waals surface area contributed by atoms with E-state index in [-0.39, 0.29) is 0 Å². The SMILES string of the molecule is CNC(Cc1ccc(Br)cc1)c1cccs1. The molecule has 1 atom stereocenters. The third kappa shape index (κ3) is 2.94. The van der Waals surface area contributed by atoms with Crippen molar-refractivity contribution < 1.29 is 0 Å². The summed E-state index contributed by atoms with van der Waals surface area (Å²) in [7, 11) is 2.02. The van der Waals surface area contributed by atoms with E-state index in [0.717, 1.165) is 10.9 Å². The molecule has 0 fully saturated rings. The van der Waals surface area contributed by atoms with Crippen molar-refractivity contribution in [2.75, 3.05) is 7.05 Å². The molecule has 0 saturated heterocycles. The number of hydrogen-bond donors (Lipinski definition) is 1. The van der Waals surface area contributed by atoms with Crippen molar-refractivity contribution in [3.8, 4) is 0 Å². The summed E-state index contributed by atoms with van der Waals surface area (Å²) in [6, 6.07) is 13.2. The molecule has 1 nitrogen and oxygen atoms in total. The quantitative estimate of drug-likeness (QED) is 0.898. The van der Waals surface area contributed by atoms with Crippen LogP contribution in [0.3, 0.4) is 0 Å². The Morgan fingerprint density at radius 3 is 2.56 bits per heavy atom. The lowest BCUT2D eigenvalue weighted by Crippen LogP contribution is -2.17. The first-order valence-corrected chi connectivity index (χ1v) is 6.92. The molecule has 2 rings (SSSR count). The van der Waals surface area contributed by atoms with Crippen molar-refractivity contribution >= 4 is 27.3 Å². The zero-order valence-corrected chi connectivity index (χ0v) is 11.5. The van der Waals surface area contributed by atoms with Gasteiger partial charge in [0.1, 0.15) is 0 Å². The van der Waals surface area contributed by atoms with Crippen LogP contribution in [0.2, 0.25) is 0 Å². The van der Waals surface area contributed by atoms with E-state index in [0.29, 0.717) is 6.04 Å². The van der Waals surface area contributed by atoms with Gasteiger partial charge in [-0.3, -0.25) is 0 Å². The Balaban J connectivity index is 2.10. The van der Waals surface area contributed by atoms with Gasteiger partial charge >= 0.3 is 0 Å². The Kier molecular flexibility index (Phi) is 4.16. The van der Waals surface area contributed by atoms with Gasteiger partial charge in [-0.1, -0.05) is 34.1 Å². The molecule has 0 saturated carbocycles. The minimum absolute atomic E-state index is 0.418. The van der Waals surface area contributed by atoms with E-state index in [1.165, 1.54) is 10.4 Å². The second kappa shape index (κ2) is 5.62. The maximum absolute atomic E-state index is 3.45. The average molecular weight is 296 g/mol. The molecule has 1 heterocycles. The van der Waals surface area contributed by atoms with Gasteiger partial charge in [0.25, 0.3) is 0 Å². The van der Waals surface area contributed by atoms with Crippen LogP contribution >= 0.6 is 27.3 Å². The van der Waals surface area contributed by atoms with E-state index in [2.05, 4.69) is 63.0 Å². The molecule has 0 bridgehead atoms. The Morgan fingerprint density at radius 1 is 1.25 bits per heavy atom. The van der Waals surface area contributed by atoms with Crippen LogP contribution in [0.4, 0.5) is 0 Å². The van der Waals surface area contributed by atoms with Crippen LogP contribution in [-0.4, -0.2) is 7.05 Å². The zero-order valence-electron chi connectivity index (χ0n) is 9.11. The monoisotopic (exact) mass is 295 g/mol. The molecule has 0 aliphatic rings. The molecule has 0 amide bonds. The maximum Gasteiger partial charge on any atom is 0.0453 e. The molecule has 3 heteroatoms. The lowest BCUT2D eigenvalue weighted by Gasteiger charge is -2.14. The van der Waals surface area contributed by atoms with Crippen LogP contribution in [0.15, 0.2) is 46.3 Å². The van der Waals surface area contributed by atoms with Crippen molar-refractivity contribution in [1.82, 2.24) is 5.32 Å². The van der Waals surface area contributed by atoms with Gasteiger partial charge in [0, 0.05) is 15.4 Å². The normalized spacial score (nSPS) is 12.6. The highest BCUT2D eigenvalue weighted by Gasteiger charge is 2.10. The van der Waals surface area contributed by atoms with Gasteiger partial charge in [0.2, 0.25) is 0 Å². The van der Waals surface area contributed by atoms with Gasteiger partial charge in [-0.25, -0.2) is 0 Å². The van der Waals surface area contributed by atoms with Crippen LogP contribution < -0.4 is 5.32 Å². The standard InChI is InChI=1S/C13H14BrNS/c1-15-12(13-3-2-8-16-13)9-10-4-6-11(14)7-5-10/h2-8,12,15H,9H2,1H3. The van der Waals surface area contributed by atoms with Crippen LogP contribution in [0.25, 0.3) is 0 Å². The first-order chi connectivity index (χ1) is 7.79. The minimum atomic E-state index is 0.418. The Bertz CT molecular complexity index is 422. The summed E-state index contributed by atoms with van der Waals surface area (Å²) in [6.45, 7) is 0. The number of thiophene rings is 1. The molecule has 0 aliphatic heterocycles. The van der Waals surface area contributed by atoms with Gasteiger partial charge < -0.3 is 5.32 Å². The number of nitrogens with one attached hydrogen (secondary N) is 1. The summed E-state index contributed by atoms with van der Waals surface area (Å²) in [5, 5.41) is 5.49. The maximum atomic E-state index is 3.45. The molecule has 0 aliphatic carbocycles. The molecule has 1 aromatic heterocycles. The van der Waals surface area contributed by atoms with Gasteiger partial charge in [0.05, 0.1) is 0 Å². The Hall–Kier alpha value is -0.640. The van der Waals surface area contributed by atoms with Gasteiger partial charge in [-0.15, -0.1) is 11.3 Å². The zero-order chi connectivity index (χ0) is 11.4. The number of halogens is 1. The molecular formula is C13H14BrNS. The van der Waals surface area contributed by atoms with E-state index in [1.807, 2.05) is 7.05 Å². The van der Waals surface area contributed by atoms with E-state index in [1.54, 1.807) is 11.3 Å². The Morgan fingerprint density at radius 2 is 2.00 bits per heavy atom. The lowest BCUT2D eigenvalue weighted by molar-refractivity contribution is 0.602. The first-order valence-electron chi connectivity index (χ1n) is 5.24. The fourth-order valence-electron chi connectivity index (χ4n) is 1.69. The van der Waals surface area contributed by atoms with E-state index >= 15 is 0 Å². The van der Waals surface area contributed by atoms with E-state index < -0.39 is 0 Å². The lowest BCUT2D eigenvalue weighted by atomic mass is 10.1. The fraction of sp³-hybridized carbons (Fsp3) is 0.231. The van der Waals surface area contributed by atoms with Crippen LogP contribution in [0.1, 0.15) is 16.5 Å². The number of benzene rings is 1. The molecule has 0 spiro atoms. The summed E-state index contributed by atoms with van der Waals surface area (Å²) < 4.78 is 1.13. The third-order valence-corrected chi connectivity index (χ3v) is 4.10. The smallest absolute Gasteiger partial charge is 0.0453 e. The summed E-state index contributed by atoms with van der Waals surface area (Å²) in [6.07, 6.45) is 1.03. The molecule has 16 heavy (non-hydrogen) atoms. The summed E-state index contributed by atoms with van der Waals surface area (Å²) >= 11 is 5.26. The van der Waals surface area contributed by atoms with E-state index in [9.17, 15) is 0 Å². The summed E-state index contributed by atoms with van der Waals surface area (Å²) in [5.41, 5.74) is 1.36. The van der Waals surface area contributed by atoms with Crippen LogP contribution in [0.5, 0.6) is 0 Å². The number of rotatable bonds is 4. The highest BCUT2D eigenvalue weighted by atomic mass is 79.9. The molecule has 1 unspecified atom stereocenters. The molecule has 84 valence electrons. The highest BCUT2D eigenvalue weighted by molar-refractivity contribution is 9.10. The molecule has 2 aromatic rings. The van der Waals surface area contributed by atoms with E-state index in [4.69, 9.17) is 0 Å². The van der Waals surface area contributed by atoms with Crippen molar-refractivity contribution in [3.05, 3.63) is 56.7 Å². The second-order valence-electron chi connectivity index (χ2n) is 3.69. The molecular weight excluding hydrogens is 282 g/mol. The van der Waals surface area contributed by atoms with Crippen molar-refractivity contribution in [2.45, 2.75) is 12.5 Å².